The zero-order valence-corrected chi connectivity index (χ0v) is 17.0. The van der Waals surface area contributed by atoms with Crippen LogP contribution in [0, 0.1) is 5.92 Å². The number of carbonyl (C=O) groups is 1. The zero-order chi connectivity index (χ0) is 18.8. The molecular formula is C16H27N3O4S2. The van der Waals surface area contributed by atoms with Crippen LogP contribution >= 0.6 is 11.8 Å². The van der Waals surface area contributed by atoms with E-state index in [1.807, 2.05) is 27.7 Å². The smallest absolute Gasteiger partial charge is 0.241 e. The molecule has 142 valence electrons. The molecule has 0 spiro atoms. The number of amides is 1. The van der Waals surface area contributed by atoms with Crippen molar-refractivity contribution in [1.82, 2.24) is 9.46 Å². The Balaban J connectivity index is 1.87. The van der Waals surface area contributed by atoms with E-state index in [0.717, 1.165) is 17.9 Å². The summed E-state index contributed by atoms with van der Waals surface area (Å²) in [6.45, 7) is 8.80. The van der Waals surface area contributed by atoms with Crippen LogP contribution in [0.3, 0.4) is 0 Å². The molecule has 0 radical (unpaired) electrons. The number of aromatic nitrogens is 1. The predicted octanol–water partition coefficient (Wildman–Crippen LogP) is 2.53. The lowest BCUT2D eigenvalue weighted by molar-refractivity contribution is -0.117. The van der Waals surface area contributed by atoms with Crippen LogP contribution in [0.15, 0.2) is 10.6 Å². The predicted molar refractivity (Wildman–Crippen MR) is 100 cm³/mol. The second kappa shape index (κ2) is 7.67. The number of carbonyl (C=O) groups excluding carboxylic acids is 1. The van der Waals surface area contributed by atoms with Crippen LogP contribution in [-0.2, 0) is 14.8 Å². The Morgan fingerprint density at radius 3 is 2.72 bits per heavy atom. The Bertz CT molecular complexity index is 713. The van der Waals surface area contributed by atoms with Crippen LogP contribution in [0.25, 0.3) is 0 Å². The molecule has 2 rings (SSSR count). The lowest BCUT2D eigenvalue weighted by atomic mass is 10.1. The van der Waals surface area contributed by atoms with Gasteiger partial charge in [0.25, 0.3) is 0 Å². The minimum Gasteiger partial charge on any atom is -0.359 e. The number of anilines is 1. The molecule has 2 heterocycles. The van der Waals surface area contributed by atoms with Gasteiger partial charge in [0.1, 0.15) is 5.76 Å². The SMILES string of the molecule is CC(C)c1cc(NC(=O)C(C)(C)SCC2CCN(S(C)(=O)=O)C2)no1. The summed E-state index contributed by atoms with van der Waals surface area (Å²) in [6, 6.07) is 1.74. The van der Waals surface area contributed by atoms with Crippen LogP contribution in [0.4, 0.5) is 5.82 Å². The highest BCUT2D eigenvalue weighted by molar-refractivity contribution is 8.01. The standard InChI is InChI=1S/C16H27N3O4S2/c1-11(2)13-8-14(18-23-13)17-15(20)16(3,4)24-10-12-6-7-19(9-12)25(5,21)22/h8,11-12H,6-7,9-10H2,1-5H3,(H,17,18,20). The molecule has 0 aliphatic carbocycles. The van der Waals surface area contributed by atoms with Crippen LogP contribution in [0.1, 0.15) is 45.8 Å². The van der Waals surface area contributed by atoms with Crippen LogP contribution < -0.4 is 5.32 Å². The van der Waals surface area contributed by atoms with E-state index in [9.17, 15) is 13.2 Å². The van der Waals surface area contributed by atoms with E-state index < -0.39 is 14.8 Å². The van der Waals surface area contributed by atoms with Crippen molar-refractivity contribution in [3.05, 3.63) is 11.8 Å². The van der Waals surface area contributed by atoms with Gasteiger partial charge in [-0.2, -0.15) is 0 Å². The van der Waals surface area contributed by atoms with Gasteiger partial charge in [0.2, 0.25) is 15.9 Å². The third-order valence-electron chi connectivity index (χ3n) is 4.28. The van der Waals surface area contributed by atoms with Gasteiger partial charge in [-0.05, 0) is 31.9 Å². The molecule has 0 bridgehead atoms. The maximum atomic E-state index is 12.5. The number of sulfonamides is 1. The molecule has 1 N–H and O–H groups in total. The Morgan fingerprint density at radius 1 is 1.52 bits per heavy atom. The lowest BCUT2D eigenvalue weighted by Gasteiger charge is -2.24. The minimum atomic E-state index is -3.12. The Kier molecular flexibility index (Phi) is 6.22. The first-order chi connectivity index (χ1) is 11.5. The first-order valence-corrected chi connectivity index (χ1v) is 11.2. The molecule has 0 saturated carbocycles. The molecule has 1 unspecified atom stereocenters. The van der Waals surface area contributed by atoms with Gasteiger partial charge in [-0.15, -0.1) is 11.8 Å². The Labute approximate surface area is 153 Å². The largest absolute Gasteiger partial charge is 0.359 e. The summed E-state index contributed by atoms with van der Waals surface area (Å²) in [6.07, 6.45) is 2.07. The van der Waals surface area contributed by atoms with Gasteiger partial charge >= 0.3 is 0 Å². The van der Waals surface area contributed by atoms with Gasteiger partial charge in [-0.25, -0.2) is 12.7 Å². The minimum absolute atomic E-state index is 0.140. The van der Waals surface area contributed by atoms with Crippen molar-refractivity contribution in [2.24, 2.45) is 5.92 Å². The summed E-state index contributed by atoms with van der Waals surface area (Å²) >= 11 is 1.54. The summed E-state index contributed by atoms with van der Waals surface area (Å²) in [4.78, 5) is 12.5. The van der Waals surface area contributed by atoms with Gasteiger partial charge in [0.05, 0.1) is 11.0 Å². The number of hydrogen-bond acceptors (Lipinski definition) is 6. The van der Waals surface area contributed by atoms with Gasteiger partial charge in [-0.1, -0.05) is 19.0 Å². The Hall–Kier alpha value is -1.06. The van der Waals surface area contributed by atoms with Crippen molar-refractivity contribution < 1.29 is 17.7 Å². The summed E-state index contributed by atoms with van der Waals surface area (Å²) in [5.41, 5.74) is 0. The average molecular weight is 390 g/mol. The van der Waals surface area contributed by atoms with Crippen LogP contribution in [0.5, 0.6) is 0 Å². The molecule has 1 aromatic heterocycles. The third kappa shape index (κ3) is 5.46. The molecule has 9 heteroatoms. The van der Waals surface area contributed by atoms with Crippen molar-refractivity contribution in [3.8, 4) is 0 Å². The van der Waals surface area contributed by atoms with Gasteiger partial charge in [0.15, 0.2) is 5.82 Å². The van der Waals surface area contributed by atoms with Gasteiger partial charge in [0, 0.05) is 25.1 Å². The molecule has 1 atom stereocenters. The van der Waals surface area contributed by atoms with Gasteiger partial charge in [-0.3, -0.25) is 4.79 Å². The van der Waals surface area contributed by atoms with Crippen molar-refractivity contribution in [2.45, 2.75) is 44.8 Å². The second-order valence-corrected chi connectivity index (χ2v) is 10.9. The first kappa shape index (κ1) is 20.3. The molecule has 0 aromatic carbocycles. The second-order valence-electron chi connectivity index (χ2n) is 7.32. The number of hydrogen-bond donors (Lipinski definition) is 1. The topological polar surface area (TPSA) is 92.5 Å². The van der Waals surface area contributed by atoms with Crippen molar-refractivity contribution >= 4 is 33.5 Å². The lowest BCUT2D eigenvalue weighted by Crippen LogP contribution is -2.35. The highest BCUT2D eigenvalue weighted by Crippen LogP contribution is 2.31. The van der Waals surface area contributed by atoms with E-state index in [1.165, 1.54) is 22.3 Å². The summed E-state index contributed by atoms with van der Waals surface area (Å²) in [5.74, 6) is 2.23. The summed E-state index contributed by atoms with van der Waals surface area (Å²) in [7, 11) is -3.12. The maximum Gasteiger partial charge on any atom is 0.241 e. The molecule has 1 aliphatic heterocycles. The van der Waals surface area contributed by atoms with E-state index in [0.29, 0.717) is 18.9 Å². The summed E-state index contributed by atoms with van der Waals surface area (Å²) in [5, 5.41) is 6.67. The van der Waals surface area contributed by atoms with Crippen molar-refractivity contribution in [1.29, 1.82) is 0 Å². The highest BCUT2D eigenvalue weighted by Gasteiger charge is 2.33. The fourth-order valence-electron chi connectivity index (χ4n) is 2.51. The van der Waals surface area contributed by atoms with Crippen molar-refractivity contribution in [2.75, 3.05) is 30.4 Å². The van der Waals surface area contributed by atoms with Crippen LogP contribution in [-0.4, -0.2) is 53.6 Å². The third-order valence-corrected chi connectivity index (χ3v) is 7.10. The fraction of sp³-hybridized carbons (Fsp3) is 0.750. The normalized spacial score (nSPS) is 19.5. The fourth-order valence-corrected chi connectivity index (χ4v) is 4.54. The molecule has 1 aromatic rings. The average Bonchev–Trinajstić information content (AvgIpc) is 3.13. The maximum absolute atomic E-state index is 12.5. The Morgan fingerprint density at radius 2 is 2.20 bits per heavy atom. The summed E-state index contributed by atoms with van der Waals surface area (Å²) < 4.78 is 29.2. The molecular weight excluding hydrogens is 362 g/mol. The van der Waals surface area contributed by atoms with E-state index in [4.69, 9.17) is 4.52 Å². The van der Waals surface area contributed by atoms with Crippen LogP contribution in [0.2, 0.25) is 0 Å². The molecule has 1 amide bonds. The number of nitrogens with one attached hydrogen (secondary N) is 1. The zero-order valence-electron chi connectivity index (χ0n) is 15.4. The van der Waals surface area contributed by atoms with E-state index in [2.05, 4.69) is 10.5 Å². The molecule has 1 aliphatic rings. The molecule has 1 fully saturated rings. The van der Waals surface area contributed by atoms with E-state index in [1.54, 1.807) is 6.07 Å². The molecule has 7 nitrogen and oxygen atoms in total. The highest BCUT2D eigenvalue weighted by atomic mass is 32.2. The van der Waals surface area contributed by atoms with Gasteiger partial charge < -0.3 is 9.84 Å². The number of thioether (sulfide) groups is 1. The molecule has 1 saturated heterocycles. The number of nitrogens with zero attached hydrogens (tertiary/aromatic N) is 2. The quantitative estimate of drug-likeness (QED) is 0.770. The molecule has 25 heavy (non-hydrogen) atoms. The van der Waals surface area contributed by atoms with E-state index >= 15 is 0 Å². The first-order valence-electron chi connectivity index (χ1n) is 8.36. The number of rotatable bonds is 7. The van der Waals surface area contributed by atoms with Crippen molar-refractivity contribution in [3.63, 3.8) is 0 Å². The van der Waals surface area contributed by atoms with E-state index in [-0.39, 0.29) is 17.7 Å². The monoisotopic (exact) mass is 389 g/mol.